The SMILES string of the molecule is CCOC(=O)c1sc(OC)c(-c2ccccc2)c1N. The van der Waals surface area contributed by atoms with Gasteiger partial charge in [-0.25, -0.2) is 4.79 Å². The zero-order chi connectivity index (χ0) is 13.8. The Balaban J connectivity index is 2.52. The molecule has 0 aliphatic carbocycles. The van der Waals surface area contributed by atoms with Crippen molar-refractivity contribution in [2.45, 2.75) is 6.92 Å². The molecule has 0 unspecified atom stereocenters. The van der Waals surface area contributed by atoms with Gasteiger partial charge in [0.25, 0.3) is 0 Å². The quantitative estimate of drug-likeness (QED) is 0.872. The van der Waals surface area contributed by atoms with E-state index in [1.165, 1.54) is 11.3 Å². The highest BCUT2D eigenvalue weighted by Crippen LogP contribution is 2.44. The van der Waals surface area contributed by atoms with Gasteiger partial charge in [-0.05, 0) is 12.5 Å². The minimum Gasteiger partial charge on any atom is -0.487 e. The maximum absolute atomic E-state index is 11.8. The van der Waals surface area contributed by atoms with Crippen LogP contribution >= 0.6 is 11.3 Å². The number of hydrogen-bond donors (Lipinski definition) is 1. The van der Waals surface area contributed by atoms with Crippen molar-refractivity contribution in [1.29, 1.82) is 0 Å². The lowest BCUT2D eigenvalue weighted by Crippen LogP contribution is -2.05. The van der Waals surface area contributed by atoms with Gasteiger partial charge < -0.3 is 15.2 Å². The first-order chi connectivity index (χ1) is 9.19. The number of ether oxygens (including phenoxy) is 2. The standard InChI is InChI=1S/C14H15NO3S/c1-3-18-13(16)12-11(15)10(14(17-2)19-12)9-7-5-4-6-8-9/h4-8H,3,15H2,1-2H3. The van der Waals surface area contributed by atoms with Crippen LogP contribution in [0, 0.1) is 0 Å². The van der Waals surface area contributed by atoms with Crippen LogP contribution in [0.15, 0.2) is 30.3 Å². The lowest BCUT2D eigenvalue weighted by Gasteiger charge is -2.04. The van der Waals surface area contributed by atoms with E-state index in [2.05, 4.69) is 0 Å². The van der Waals surface area contributed by atoms with E-state index in [0.29, 0.717) is 22.2 Å². The lowest BCUT2D eigenvalue weighted by molar-refractivity contribution is 0.0533. The van der Waals surface area contributed by atoms with Crippen LogP contribution in [0.2, 0.25) is 0 Å². The number of carbonyl (C=O) groups excluding carboxylic acids is 1. The average Bonchev–Trinajstić information content (AvgIpc) is 2.77. The Labute approximate surface area is 115 Å². The molecule has 0 saturated carbocycles. The van der Waals surface area contributed by atoms with Crippen LogP contribution in [-0.2, 0) is 4.74 Å². The van der Waals surface area contributed by atoms with Crippen LogP contribution < -0.4 is 10.5 Å². The molecule has 0 spiro atoms. The molecule has 0 atom stereocenters. The molecular weight excluding hydrogens is 262 g/mol. The van der Waals surface area contributed by atoms with E-state index in [1.807, 2.05) is 30.3 Å². The van der Waals surface area contributed by atoms with Crippen LogP contribution in [0.1, 0.15) is 16.6 Å². The van der Waals surface area contributed by atoms with Gasteiger partial charge in [0, 0.05) is 0 Å². The van der Waals surface area contributed by atoms with E-state index in [9.17, 15) is 4.79 Å². The predicted molar refractivity (Wildman–Crippen MR) is 76.7 cm³/mol. The third-order valence-corrected chi connectivity index (χ3v) is 3.77. The summed E-state index contributed by atoms with van der Waals surface area (Å²) in [5, 5.41) is 0.617. The highest BCUT2D eigenvalue weighted by molar-refractivity contribution is 7.17. The van der Waals surface area contributed by atoms with Crippen molar-refractivity contribution in [3.8, 4) is 16.2 Å². The summed E-state index contributed by atoms with van der Waals surface area (Å²) >= 11 is 1.21. The van der Waals surface area contributed by atoms with Crippen molar-refractivity contribution in [2.75, 3.05) is 19.5 Å². The van der Waals surface area contributed by atoms with Gasteiger partial charge in [-0.3, -0.25) is 0 Å². The number of benzene rings is 1. The fourth-order valence-electron chi connectivity index (χ4n) is 1.79. The molecule has 0 fully saturated rings. The van der Waals surface area contributed by atoms with Gasteiger partial charge in [-0.1, -0.05) is 41.7 Å². The molecule has 100 valence electrons. The molecule has 2 N–H and O–H groups in total. The summed E-state index contributed by atoms with van der Waals surface area (Å²) in [6.07, 6.45) is 0. The predicted octanol–water partition coefficient (Wildman–Crippen LogP) is 3.18. The van der Waals surface area contributed by atoms with E-state index in [1.54, 1.807) is 14.0 Å². The van der Waals surface area contributed by atoms with Gasteiger partial charge in [-0.2, -0.15) is 0 Å². The van der Waals surface area contributed by atoms with Gasteiger partial charge in [0.05, 0.1) is 25.0 Å². The Morgan fingerprint density at radius 2 is 2.00 bits per heavy atom. The number of rotatable bonds is 4. The number of esters is 1. The van der Waals surface area contributed by atoms with Gasteiger partial charge in [-0.15, -0.1) is 0 Å². The highest BCUT2D eigenvalue weighted by Gasteiger charge is 2.23. The molecule has 1 heterocycles. The molecule has 0 saturated heterocycles. The molecule has 19 heavy (non-hydrogen) atoms. The number of carbonyl (C=O) groups is 1. The summed E-state index contributed by atoms with van der Waals surface area (Å²) < 4.78 is 10.3. The molecule has 5 heteroatoms. The summed E-state index contributed by atoms with van der Waals surface area (Å²) in [5.74, 6) is -0.412. The van der Waals surface area contributed by atoms with E-state index in [4.69, 9.17) is 15.2 Å². The number of nitrogen functional groups attached to an aromatic ring is 1. The third-order valence-electron chi connectivity index (χ3n) is 2.62. The van der Waals surface area contributed by atoms with Crippen molar-refractivity contribution < 1.29 is 14.3 Å². The number of thiophene rings is 1. The molecule has 1 aromatic heterocycles. The Morgan fingerprint density at radius 1 is 1.32 bits per heavy atom. The monoisotopic (exact) mass is 277 g/mol. The minimum atomic E-state index is -0.412. The zero-order valence-corrected chi connectivity index (χ0v) is 11.6. The lowest BCUT2D eigenvalue weighted by atomic mass is 10.1. The van der Waals surface area contributed by atoms with Crippen molar-refractivity contribution >= 4 is 23.0 Å². The fourth-order valence-corrected chi connectivity index (χ4v) is 2.75. The van der Waals surface area contributed by atoms with Crippen molar-refractivity contribution in [1.82, 2.24) is 0 Å². The summed E-state index contributed by atoms with van der Waals surface area (Å²) in [5.41, 5.74) is 8.15. The topological polar surface area (TPSA) is 61.5 Å². The molecule has 4 nitrogen and oxygen atoms in total. The molecule has 0 bridgehead atoms. The first-order valence-electron chi connectivity index (χ1n) is 5.87. The number of methoxy groups -OCH3 is 1. The van der Waals surface area contributed by atoms with E-state index in [0.717, 1.165) is 11.1 Å². The maximum Gasteiger partial charge on any atom is 0.350 e. The Bertz CT molecular complexity index is 578. The number of nitrogens with two attached hydrogens (primary N) is 1. The molecule has 1 aromatic carbocycles. The summed E-state index contributed by atoms with van der Waals surface area (Å²) in [7, 11) is 1.56. The average molecular weight is 277 g/mol. The van der Waals surface area contributed by atoms with Gasteiger partial charge in [0.15, 0.2) is 5.06 Å². The number of hydrogen-bond acceptors (Lipinski definition) is 5. The first-order valence-corrected chi connectivity index (χ1v) is 6.69. The second kappa shape index (κ2) is 5.75. The second-order valence-corrected chi connectivity index (χ2v) is 4.78. The van der Waals surface area contributed by atoms with Crippen molar-refractivity contribution in [2.24, 2.45) is 0 Å². The molecule has 0 amide bonds. The Morgan fingerprint density at radius 3 is 2.58 bits per heavy atom. The largest absolute Gasteiger partial charge is 0.487 e. The van der Waals surface area contributed by atoms with Crippen LogP contribution in [-0.4, -0.2) is 19.7 Å². The van der Waals surface area contributed by atoms with Crippen LogP contribution in [0.25, 0.3) is 11.1 Å². The van der Waals surface area contributed by atoms with Crippen LogP contribution in [0.3, 0.4) is 0 Å². The Kier molecular flexibility index (Phi) is 4.06. The molecule has 0 radical (unpaired) electrons. The second-order valence-electron chi connectivity index (χ2n) is 3.80. The fraction of sp³-hybridized carbons (Fsp3) is 0.214. The summed E-state index contributed by atoms with van der Waals surface area (Å²) in [4.78, 5) is 12.2. The van der Waals surface area contributed by atoms with E-state index < -0.39 is 5.97 Å². The van der Waals surface area contributed by atoms with Gasteiger partial charge in [0.1, 0.15) is 4.88 Å². The van der Waals surface area contributed by atoms with Gasteiger partial charge in [0.2, 0.25) is 0 Å². The van der Waals surface area contributed by atoms with Gasteiger partial charge >= 0.3 is 5.97 Å². The summed E-state index contributed by atoms with van der Waals surface area (Å²) in [6, 6.07) is 9.60. The first kappa shape index (κ1) is 13.4. The third kappa shape index (κ3) is 2.56. The molecular formula is C14H15NO3S. The van der Waals surface area contributed by atoms with Crippen molar-refractivity contribution in [3.05, 3.63) is 35.2 Å². The number of anilines is 1. The van der Waals surface area contributed by atoms with Crippen molar-refractivity contribution in [3.63, 3.8) is 0 Å². The minimum absolute atomic E-state index is 0.319. The molecule has 2 rings (SSSR count). The molecule has 0 aliphatic rings. The summed E-state index contributed by atoms with van der Waals surface area (Å²) in [6.45, 7) is 2.08. The van der Waals surface area contributed by atoms with E-state index in [-0.39, 0.29) is 0 Å². The smallest absolute Gasteiger partial charge is 0.350 e. The highest BCUT2D eigenvalue weighted by atomic mass is 32.1. The Hall–Kier alpha value is -2.01. The molecule has 0 aliphatic heterocycles. The van der Waals surface area contributed by atoms with Crippen LogP contribution in [0.4, 0.5) is 5.69 Å². The zero-order valence-electron chi connectivity index (χ0n) is 10.8. The van der Waals surface area contributed by atoms with E-state index >= 15 is 0 Å². The normalized spacial score (nSPS) is 10.2. The van der Waals surface area contributed by atoms with Crippen LogP contribution in [0.5, 0.6) is 5.06 Å². The molecule has 2 aromatic rings. The maximum atomic E-state index is 11.8.